The SMILES string of the molecule is O=C(NCc1nc2ccccc2o1)c1ccc(Br)cc1. The van der Waals surface area contributed by atoms with Crippen molar-refractivity contribution in [2.45, 2.75) is 6.54 Å². The molecule has 2 aromatic carbocycles. The summed E-state index contributed by atoms with van der Waals surface area (Å²) in [5.41, 5.74) is 2.12. The van der Waals surface area contributed by atoms with E-state index in [0.29, 0.717) is 11.5 Å². The van der Waals surface area contributed by atoms with Crippen LogP contribution in [0.4, 0.5) is 0 Å². The zero-order chi connectivity index (χ0) is 13.9. The number of benzene rings is 2. The van der Waals surface area contributed by atoms with Crippen LogP contribution in [0, 0.1) is 0 Å². The minimum absolute atomic E-state index is 0.153. The molecule has 0 saturated carbocycles. The Morgan fingerprint density at radius 3 is 2.65 bits per heavy atom. The number of amides is 1. The third-order valence-corrected chi connectivity index (χ3v) is 3.37. The molecule has 1 heterocycles. The molecular formula is C15H11BrN2O2. The fourth-order valence-corrected chi connectivity index (χ4v) is 2.12. The third kappa shape index (κ3) is 2.72. The Morgan fingerprint density at radius 1 is 1.15 bits per heavy atom. The van der Waals surface area contributed by atoms with Crippen molar-refractivity contribution >= 4 is 32.9 Å². The van der Waals surface area contributed by atoms with Crippen LogP contribution in [0.3, 0.4) is 0 Å². The number of carbonyl (C=O) groups is 1. The minimum atomic E-state index is -0.153. The minimum Gasteiger partial charge on any atom is -0.439 e. The number of fused-ring (bicyclic) bond motifs is 1. The predicted molar refractivity (Wildman–Crippen MR) is 79.3 cm³/mol. The summed E-state index contributed by atoms with van der Waals surface area (Å²) in [6, 6.07) is 14.7. The summed E-state index contributed by atoms with van der Waals surface area (Å²) in [4.78, 5) is 16.3. The van der Waals surface area contributed by atoms with Crippen LogP contribution in [0.1, 0.15) is 16.2 Å². The molecule has 0 spiro atoms. The lowest BCUT2D eigenvalue weighted by Crippen LogP contribution is -2.22. The molecule has 0 radical (unpaired) electrons. The van der Waals surface area contributed by atoms with Gasteiger partial charge in [0.1, 0.15) is 5.52 Å². The number of carbonyl (C=O) groups excluding carboxylic acids is 1. The van der Waals surface area contributed by atoms with Gasteiger partial charge in [-0.3, -0.25) is 4.79 Å². The fourth-order valence-electron chi connectivity index (χ4n) is 1.85. The number of para-hydroxylation sites is 2. The molecule has 1 amide bonds. The van der Waals surface area contributed by atoms with Gasteiger partial charge in [-0.15, -0.1) is 0 Å². The molecule has 0 saturated heterocycles. The normalized spacial score (nSPS) is 10.7. The summed E-state index contributed by atoms with van der Waals surface area (Å²) in [5.74, 6) is 0.344. The van der Waals surface area contributed by atoms with Crippen molar-refractivity contribution in [2.24, 2.45) is 0 Å². The van der Waals surface area contributed by atoms with Crippen molar-refractivity contribution in [3.05, 3.63) is 64.5 Å². The largest absolute Gasteiger partial charge is 0.439 e. The highest BCUT2D eigenvalue weighted by molar-refractivity contribution is 9.10. The maximum atomic E-state index is 11.9. The number of rotatable bonds is 3. The van der Waals surface area contributed by atoms with Crippen LogP contribution in [0.15, 0.2) is 57.4 Å². The molecule has 4 nitrogen and oxygen atoms in total. The maximum absolute atomic E-state index is 11.9. The second-order valence-corrected chi connectivity index (χ2v) is 5.18. The first-order chi connectivity index (χ1) is 9.72. The molecule has 0 unspecified atom stereocenters. The van der Waals surface area contributed by atoms with Crippen molar-refractivity contribution in [1.29, 1.82) is 0 Å². The number of oxazole rings is 1. The Morgan fingerprint density at radius 2 is 1.90 bits per heavy atom. The van der Waals surface area contributed by atoms with Crippen molar-refractivity contribution in [3.63, 3.8) is 0 Å². The Labute approximate surface area is 123 Å². The first-order valence-corrected chi connectivity index (χ1v) is 6.90. The van der Waals surface area contributed by atoms with Crippen molar-refractivity contribution in [1.82, 2.24) is 10.3 Å². The van der Waals surface area contributed by atoms with Crippen LogP contribution in [-0.4, -0.2) is 10.9 Å². The molecule has 3 rings (SSSR count). The average Bonchev–Trinajstić information content (AvgIpc) is 2.88. The van der Waals surface area contributed by atoms with Gasteiger partial charge < -0.3 is 9.73 Å². The number of nitrogens with one attached hydrogen (secondary N) is 1. The summed E-state index contributed by atoms with van der Waals surface area (Å²) in [6.07, 6.45) is 0. The first kappa shape index (κ1) is 12.9. The maximum Gasteiger partial charge on any atom is 0.251 e. The summed E-state index contributed by atoms with van der Waals surface area (Å²) < 4.78 is 6.48. The van der Waals surface area contributed by atoms with Gasteiger partial charge in [0.25, 0.3) is 5.91 Å². The van der Waals surface area contributed by atoms with Crippen LogP contribution in [0.25, 0.3) is 11.1 Å². The Balaban J connectivity index is 1.69. The lowest BCUT2D eigenvalue weighted by molar-refractivity contribution is 0.0947. The lowest BCUT2D eigenvalue weighted by atomic mass is 10.2. The molecule has 0 fully saturated rings. The number of nitrogens with zero attached hydrogens (tertiary/aromatic N) is 1. The van der Waals surface area contributed by atoms with E-state index in [1.807, 2.05) is 36.4 Å². The summed E-state index contributed by atoms with van der Waals surface area (Å²) in [6.45, 7) is 0.267. The zero-order valence-corrected chi connectivity index (χ0v) is 12.1. The van der Waals surface area contributed by atoms with E-state index in [2.05, 4.69) is 26.2 Å². The number of aromatic nitrogens is 1. The Kier molecular flexibility index (Phi) is 3.52. The third-order valence-electron chi connectivity index (χ3n) is 2.84. The molecule has 0 aliphatic carbocycles. The molecule has 1 N–H and O–H groups in total. The second kappa shape index (κ2) is 5.46. The van der Waals surface area contributed by atoms with E-state index in [4.69, 9.17) is 4.42 Å². The van der Waals surface area contributed by atoms with Crippen molar-refractivity contribution in [3.8, 4) is 0 Å². The van der Waals surface area contributed by atoms with Crippen molar-refractivity contribution < 1.29 is 9.21 Å². The average molecular weight is 331 g/mol. The smallest absolute Gasteiger partial charge is 0.251 e. The van der Waals surface area contributed by atoms with E-state index in [-0.39, 0.29) is 12.5 Å². The van der Waals surface area contributed by atoms with Crippen LogP contribution in [-0.2, 0) is 6.54 Å². The van der Waals surface area contributed by atoms with E-state index in [1.54, 1.807) is 12.1 Å². The Bertz CT molecular complexity index is 717. The Hall–Kier alpha value is -2.14. The summed E-state index contributed by atoms with van der Waals surface area (Å²) in [7, 11) is 0. The van der Waals surface area contributed by atoms with Gasteiger partial charge in [-0.2, -0.15) is 0 Å². The number of hydrogen-bond donors (Lipinski definition) is 1. The van der Waals surface area contributed by atoms with Crippen molar-refractivity contribution in [2.75, 3.05) is 0 Å². The number of halogens is 1. The van der Waals surface area contributed by atoms with Gasteiger partial charge in [-0.05, 0) is 36.4 Å². The molecule has 0 bridgehead atoms. The van der Waals surface area contributed by atoms with E-state index in [1.165, 1.54) is 0 Å². The van der Waals surface area contributed by atoms with Gasteiger partial charge in [0.15, 0.2) is 5.58 Å². The highest BCUT2D eigenvalue weighted by Crippen LogP contribution is 2.15. The standard InChI is InChI=1S/C15H11BrN2O2/c16-11-7-5-10(6-8-11)15(19)17-9-14-18-12-3-1-2-4-13(12)20-14/h1-8H,9H2,(H,17,19). The van der Waals surface area contributed by atoms with Gasteiger partial charge in [0.2, 0.25) is 5.89 Å². The molecule has 100 valence electrons. The van der Waals surface area contributed by atoms with Crippen LogP contribution < -0.4 is 5.32 Å². The van der Waals surface area contributed by atoms with E-state index < -0.39 is 0 Å². The van der Waals surface area contributed by atoms with E-state index in [0.717, 1.165) is 15.6 Å². The van der Waals surface area contributed by atoms with Gasteiger partial charge in [-0.25, -0.2) is 4.98 Å². The van der Waals surface area contributed by atoms with Crippen LogP contribution in [0.2, 0.25) is 0 Å². The molecule has 0 aliphatic heterocycles. The van der Waals surface area contributed by atoms with Gasteiger partial charge in [-0.1, -0.05) is 28.1 Å². The number of hydrogen-bond acceptors (Lipinski definition) is 3. The monoisotopic (exact) mass is 330 g/mol. The highest BCUT2D eigenvalue weighted by Gasteiger charge is 2.08. The molecule has 5 heteroatoms. The zero-order valence-electron chi connectivity index (χ0n) is 10.5. The first-order valence-electron chi connectivity index (χ1n) is 6.10. The quantitative estimate of drug-likeness (QED) is 0.799. The lowest BCUT2D eigenvalue weighted by Gasteiger charge is -2.02. The fraction of sp³-hybridized carbons (Fsp3) is 0.0667. The second-order valence-electron chi connectivity index (χ2n) is 4.26. The van der Waals surface area contributed by atoms with Gasteiger partial charge in [0.05, 0.1) is 6.54 Å². The topological polar surface area (TPSA) is 55.1 Å². The molecule has 0 aliphatic rings. The van der Waals surface area contributed by atoms with E-state index >= 15 is 0 Å². The molecular weight excluding hydrogens is 320 g/mol. The molecule has 20 heavy (non-hydrogen) atoms. The summed E-state index contributed by atoms with van der Waals surface area (Å²) >= 11 is 3.33. The predicted octanol–water partition coefficient (Wildman–Crippen LogP) is 3.52. The van der Waals surface area contributed by atoms with E-state index in [9.17, 15) is 4.79 Å². The van der Waals surface area contributed by atoms with Gasteiger partial charge in [0, 0.05) is 10.0 Å². The molecule has 0 atom stereocenters. The van der Waals surface area contributed by atoms with Crippen LogP contribution in [0.5, 0.6) is 0 Å². The highest BCUT2D eigenvalue weighted by atomic mass is 79.9. The molecule has 1 aromatic heterocycles. The molecule has 3 aromatic rings. The van der Waals surface area contributed by atoms with Gasteiger partial charge >= 0.3 is 0 Å². The summed E-state index contributed by atoms with van der Waals surface area (Å²) in [5, 5.41) is 2.79. The van der Waals surface area contributed by atoms with Crippen LogP contribution >= 0.6 is 15.9 Å².